The number of benzene rings is 2. The lowest BCUT2D eigenvalue weighted by Gasteiger charge is -2.23. The van der Waals surface area contributed by atoms with E-state index in [1.807, 2.05) is 7.05 Å². The first-order valence-corrected chi connectivity index (χ1v) is 10.7. The van der Waals surface area contributed by atoms with Gasteiger partial charge in [-0.3, -0.25) is 0 Å². The molecule has 0 spiro atoms. The molecule has 1 aliphatic heterocycles. The lowest BCUT2D eigenvalue weighted by atomic mass is 9.89. The molecule has 0 atom stereocenters. The van der Waals surface area contributed by atoms with E-state index in [1.165, 1.54) is 23.3 Å². The summed E-state index contributed by atoms with van der Waals surface area (Å²) >= 11 is 0. The third-order valence-corrected chi connectivity index (χ3v) is 6.38. The summed E-state index contributed by atoms with van der Waals surface area (Å²) in [5.74, 6) is 1.40. The highest BCUT2D eigenvalue weighted by atomic mass is 32.2. The van der Waals surface area contributed by atoms with Crippen LogP contribution in [0.2, 0.25) is 0 Å². The third-order valence-electron chi connectivity index (χ3n) is 5.45. The number of hydrogen-bond acceptors (Lipinski definition) is 4. The molecule has 1 aromatic heterocycles. The average Bonchev–Trinajstić information content (AvgIpc) is 2.99. The number of rotatable bonds is 3. The minimum atomic E-state index is -3.69. The Bertz CT molecular complexity index is 1100. The van der Waals surface area contributed by atoms with E-state index in [-0.39, 0.29) is 4.90 Å². The number of nitrogens with zero attached hydrogens (tertiary/aromatic N) is 2. The van der Waals surface area contributed by atoms with Gasteiger partial charge in [-0.05, 0) is 80.2 Å². The summed E-state index contributed by atoms with van der Waals surface area (Å²) in [6.45, 7) is 4.23. The number of fused-ring (bicyclic) bond motifs is 1. The topological polar surface area (TPSA) is 90.0 Å². The Morgan fingerprint density at radius 3 is 2.44 bits per heavy atom. The molecule has 0 aliphatic carbocycles. The van der Waals surface area contributed by atoms with Gasteiger partial charge in [-0.1, -0.05) is 6.07 Å². The van der Waals surface area contributed by atoms with Crippen molar-refractivity contribution in [2.24, 2.45) is 12.2 Å². The summed E-state index contributed by atoms with van der Waals surface area (Å²) in [4.78, 5) is 4.94. The number of piperidine rings is 1. The number of primary sulfonamides is 1. The number of aryl methyl sites for hydroxylation is 2. The van der Waals surface area contributed by atoms with Gasteiger partial charge >= 0.3 is 0 Å². The third kappa shape index (κ3) is 3.38. The lowest BCUT2D eigenvalue weighted by Crippen LogP contribution is -2.26. The van der Waals surface area contributed by atoms with Crippen LogP contribution in [0.5, 0.6) is 0 Å². The van der Waals surface area contributed by atoms with E-state index in [4.69, 9.17) is 10.1 Å². The standard InChI is InChI=1S/C20H24N4O2S/c1-13-11-16(14-7-9-22-10-8-14)12-18-19(13)23-20(24(18)2)15-3-5-17(6-4-15)27(21,25)26/h3-6,11-12,14,22H,7-10H2,1-2H3,(H2,21,25,26). The normalized spacial score (nSPS) is 16.1. The second-order valence-electron chi connectivity index (χ2n) is 7.29. The van der Waals surface area contributed by atoms with Crippen LogP contribution in [-0.2, 0) is 17.1 Å². The number of imidazole rings is 1. The van der Waals surface area contributed by atoms with Crippen LogP contribution < -0.4 is 10.5 Å². The monoisotopic (exact) mass is 384 g/mol. The molecule has 0 unspecified atom stereocenters. The molecule has 6 nitrogen and oxygen atoms in total. The first kappa shape index (κ1) is 18.2. The van der Waals surface area contributed by atoms with Crippen LogP contribution in [-0.4, -0.2) is 31.1 Å². The molecule has 1 aliphatic rings. The van der Waals surface area contributed by atoms with Gasteiger partial charge in [-0.2, -0.15) is 0 Å². The fourth-order valence-corrected chi connectivity index (χ4v) is 4.44. The maximum atomic E-state index is 11.5. The lowest BCUT2D eigenvalue weighted by molar-refractivity contribution is 0.460. The molecule has 1 saturated heterocycles. The van der Waals surface area contributed by atoms with Gasteiger partial charge in [0.2, 0.25) is 10.0 Å². The maximum Gasteiger partial charge on any atom is 0.238 e. The Morgan fingerprint density at radius 1 is 1.15 bits per heavy atom. The number of nitrogens with one attached hydrogen (secondary N) is 1. The molecular weight excluding hydrogens is 360 g/mol. The number of nitrogens with two attached hydrogens (primary N) is 1. The SMILES string of the molecule is Cc1cc(C2CCNCC2)cc2c1nc(-c1ccc(S(N)(=O)=O)cc1)n2C. The molecule has 142 valence electrons. The van der Waals surface area contributed by atoms with Gasteiger partial charge in [0.25, 0.3) is 0 Å². The van der Waals surface area contributed by atoms with Crippen LogP contribution in [0.4, 0.5) is 0 Å². The molecule has 7 heteroatoms. The number of hydrogen-bond donors (Lipinski definition) is 2. The van der Waals surface area contributed by atoms with Crippen molar-refractivity contribution in [3.63, 3.8) is 0 Å². The zero-order valence-corrected chi connectivity index (χ0v) is 16.4. The molecule has 0 amide bonds. The van der Waals surface area contributed by atoms with Crippen LogP contribution in [0.1, 0.15) is 29.9 Å². The Labute approximate surface area is 159 Å². The minimum Gasteiger partial charge on any atom is -0.327 e. The summed E-state index contributed by atoms with van der Waals surface area (Å²) in [6.07, 6.45) is 2.31. The van der Waals surface area contributed by atoms with E-state index >= 15 is 0 Å². The predicted octanol–water partition coefficient (Wildman–Crippen LogP) is 2.66. The molecule has 3 aromatic rings. The molecular formula is C20H24N4O2S. The van der Waals surface area contributed by atoms with Crippen molar-refractivity contribution in [2.45, 2.75) is 30.6 Å². The second-order valence-corrected chi connectivity index (χ2v) is 8.86. The zero-order chi connectivity index (χ0) is 19.2. The molecule has 4 rings (SSSR count). The molecule has 0 bridgehead atoms. The minimum absolute atomic E-state index is 0.106. The maximum absolute atomic E-state index is 11.5. The van der Waals surface area contributed by atoms with Crippen molar-refractivity contribution in [1.82, 2.24) is 14.9 Å². The highest BCUT2D eigenvalue weighted by molar-refractivity contribution is 7.89. The van der Waals surface area contributed by atoms with Crippen molar-refractivity contribution in [1.29, 1.82) is 0 Å². The molecule has 0 radical (unpaired) electrons. The summed E-state index contributed by atoms with van der Waals surface area (Å²) < 4.78 is 25.0. The van der Waals surface area contributed by atoms with Crippen LogP contribution >= 0.6 is 0 Å². The molecule has 3 N–H and O–H groups in total. The molecule has 1 fully saturated rings. The Balaban J connectivity index is 1.78. The van der Waals surface area contributed by atoms with Crippen LogP contribution in [0, 0.1) is 6.92 Å². The predicted molar refractivity (Wildman–Crippen MR) is 107 cm³/mol. The summed E-state index contributed by atoms with van der Waals surface area (Å²) in [6, 6.07) is 11.1. The van der Waals surface area contributed by atoms with E-state index in [1.54, 1.807) is 12.1 Å². The first-order chi connectivity index (χ1) is 12.8. The van der Waals surface area contributed by atoms with E-state index in [9.17, 15) is 8.42 Å². The Hall–Kier alpha value is -2.22. The molecule has 27 heavy (non-hydrogen) atoms. The smallest absolute Gasteiger partial charge is 0.238 e. The number of aromatic nitrogens is 2. The van der Waals surface area contributed by atoms with E-state index in [0.29, 0.717) is 5.92 Å². The average molecular weight is 385 g/mol. The molecule has 0 saturated carbocycles. The molecule has 2 heterocycles. The Morgan fingerprint density at radius 2 is 1.81 bits per heavy atom. The van der Waals surface area contributed by atoms with Gasteiger partial charge < -0.3 is 9.88 Å². The highest BCUT2D eigenvalue weighted by Crippen LogP contribution is 2.32. The van der Waals surface area contributed by atoms with Crippen LogP contribution in [0.25, 0.3) is 22.4 Å². The van der Waals surface area contributed by atoms with Gasteiger partial charge in [0.15, 0.2) is 0 Å². The fraction of sp³-hybridized carbons (Fsp3) is 0.350. The van der Waals surface area contributed by atoms with Gasteiger partial charge in [0, 0.05) is 12.6 Å². The fourth-order valence-electron chi connectivity index (χ4n) is 3.93. The van der Waals surface area contributed by atoms with Gasteiger partial charge in [-0.15, -0.1) is 0 Å². The van der Waals surface area contributed by atoms with Crippen molar-refractivity contribution >= 4 is 21.1 Å². The van der Waals surface area contributed by atoms with E-state index in [0.717, 1.165) is 48.4 Å². The van der Waals surface area contributed by atoms with E-state index in [2.05, 4.69) is 28.9 Å². The quantitative estimate of drug-likeness (QED) is 0.726. The largest absolute Gasteiger partial charge is 0.327 e. The summed E-state index contributed by atoms with van der Waals surface area (Å²) in [7, 11) is -1.69. The van der Waals surface area contributed by atoms with Gasteiger partial charge in [0.1, 0.15) is 5.82 Å². The first-order valence-electron chi connectivity index (χ1n) is 9.15. The molecule has 2 aromatic carbocycles. The van der Waals surface area contributed by atoms with Crippen molar-refractivity contribution in [3.8, 4) is 11.4 Å². The van der Waals surface area contributed by atoms with Crippen molar-refractivity contribution in [3.05, 3.63) is 47.5 Å². The van der Waals surface area contributed by atoms with Crippen molar-refractivity contribution in [2.75, 3.05) is 13.1 Å². The van der Waals surface area contributed by atoms with Gasteiger partial charge in [0.05, 0.1) is 15.9 Å². The Kier molecular flexibility index (Phi) is 4.53. The van der Waals surface area contributed by atoms with Crippen molar-refractivity contribution < 1.29 is 8.42 Å². The van der Waals surface area contributed by atoms with Crippen LogP contribution in [0.3, 0.4) is 0 Å². The number of sulfonamides is 1. The zero-order valence-electron chi connectivity index (χ0n) is 15.6. The highest BCUT2D eigenvalue weighted by Gasteiger charge is 2.19. The summed E-state index contributed by atoms with van der Waals surface area (Å²) in [5.41, 5.74) is 5.50. The van der Waals surface area contributed by atoms with Crippen LogP contribution in [0.15, 0.2) is 41.3 Å². The van der Waals surface area contributed by atoms with Gasteiger partial charge in [-0.25, -0.2) is 18.5 Å². The summed E-state index contributed by atoms with van der Waals surface area (Å²) in [5, 5.41) is 8.61. The second kappa shape index (κ2) is 6.74. The van der Waals surface area contributed by atoms with E-state index < -0.39 is 10.0 Å².